The van der Waals surface area contributed by atoms with Crippen LogP contribution in [0.2, 0.25) is 0 Å². The molecule has 0 aromatic carbocycles. The summed E-state index contributed by atoms with van der Waals surface area (Å²) in [6.45, 7) is 2.41. The fourth-order valence-corrected chi connectivity index (χ4v) is 1.00. The van der Waals surface area contributed by atoms with Crippen molar-refractivity contribution in [1.29, 1.82) is 0 Å². The smallest absolute Gasteiger partial charge is 0.322 e. The van der Waals surface area contributed by atoms with Gasteiger partial charge in [0.15, 0.2) is 0 Å². The van der Waals surface area contributed by atoms with Crippen molar-refractivity contribution >= 4 is 5.97 Å². The van der Waals surface area contributed by atoms with E-state index in [0.717, 1.165) is 5.69 Å². The molecule has 0 aliphatic heterocycles. The van der Waals surface area contributed by atoms with Gasteiger partial charge in [-0.2, -0.15) is 0 Å². The second kappa shape index (κ2) is 4.67. The number of hydrogen-bond acceptors (Lipinski definition) is 3. The van der Waals surface area contributed by atoms with Gasteiger partial charge in [-0.1, -0.05) is 0 Å². The molecule has 4 nitrogen and oxygen atoms in total. The minimum absolute atomic E-state index is 0.244. The zero-order valence-corrected chi connectivity index (χ0v) is 7.83. The van der Waals surface area contributed by atoms with E-state index in [1.54, 1.807) is 6.92 Å². The molecular formula is C9H14N2O2. The number of ether oxygens (including phenoxy) is 1. The molecule has 1 atom stereocenters. The third kappa shape index (κ3) is 2.91. The summed E-state index contributed by atoms with van der Waals surface area (Å²) in [6, 6.07) is 3.60. The number of hydrogen-bond donors (Lipinski definition) is 2. The molecule has 1 unspecified atom stereocenters. The molecule has 72 valence electrons. The van der Waals surface area contributed by atoms with E-state index >= 15 is 0 Å². The van der Waals surface area contributed by atoms with Crippen LogP contribution in [0.5, 0.6) is 0 Å². The lowest BCUT2D eigenvalue weighted by atomic mass is 10.3. The van der Waals surface area contributed by atoms with Gasteiger partial charge in [-0.3, -0.25) is 10.1 Å². The van der Waals surface area contributed by atoms with E-state index in [2.05, 4.69) is 15.0 Å². The molecule has 1 aromatic rings. The standard InChI is InChI=1S/C9H14N2O2/c1-7(9(12)13-2)11-6-8-4-3-5-10-8/h3-5,7,10-11H,6H2,1-2H3. The molecule has 0 amide bonds. The number of methoxy groups -OCH3 is 1. The summed E-state index contributed by atoms with van der Waals surface area (Å²) in [5.74, 6) is -0.244. The lowest BCUT2D eigenvalue weighted by Crippen LogP contribution is -2.34. The Hall–Kier alpha value is -1.29. The molecule has 1 rings (SSSR count). The normalized spacial score (nSPS) is 12.5. The fourth-order valence-electron chi connectivity index (χ4n) is 1.00. The molecule has 13 heavy (non-hydrogen) atoms. The number of nitrogens with one attached hydrogen (secondary N) is 2. The summed E-state index contributed by atoms with van der Waals surface area (Å²) in [5, 5.41) is 3.03. The average Bonchev–Trinajstić information content (AvgIpc) is 2.65. The molecule has 0 aliphatic carbocycles. The maximum Gasteiger partial charge on any atom is 0.322 e. The van der Waals surface area contributed by atoms with Crippen LogP contribution in [0.25, 0.3) is 0 Å². The van der Waals surface area contributed by atoms with Crippen molar-refractivity contribution in [3.05, 3.63) is 24.0 Å². The zero-order valence-electron chi connectivity index (χ0n) is 7.83. The van der Waals surface area contributed by atoms with Gasteiger partial charge < -0.3 is 9.72 Å². The summed E-state index contributed by atoms with van der Waals surface area (Å²) in [5.41, 5.74) is 1.05. The highest BCUT2D eigenvalue weighted by Gasteiger charge is 2.11. The van der Waals surface area contributed by atoms with Crippen molar-refractivity contribution in [3.8, 4) is 0 Å². The van der Waals surface area contributed by atoms with Gasteiger partial charge in [0.2, 0.25) is 0 Å². The fraction of sp³-hybridized carbons (Fsp3) is 0.444. The molecular weight excluding hydrogens is 168 g/mol. The van der Waals surface area contributed by atoms with Crippen molar-refractivity contribution in [2.75, 3.05) is 7.11 Å². The number of aromatic amines is 1. The first kappa shape index (κ1) is 9.80. The Labute approximate surface area is 77.3 Å². The molecule has 0 bridgehead atoms. The Kier molecular flexibility index (Phi) is 3.52. The van der Waals surface area contributed by atoms with E-state index in [-0.39, 0.29) is 12.0 Å². The Bertz CT molecular complexity index is 257. The van der Waals surface area contributed by atoms with E-state index in [0.29, 0.717) is 6.54 Å². The van der Waals surface area contributed by atoms with Crippen molar-refractivity contribution in [3.63, 3.8) is 0 Å². The van der Waals surface area contributed by atoms with E-state index in [1.807, 2.05) is 18.3 Å². The van der Waals surface area contributed by atoms with E-state index in [1.165, 1.54) is 7.11 Å². The molecule has 4 heteroatoms. The maximum atomic E-state index is 11.0. The molecule has 0 radical (unpaired) electrons. The molecule has 0 saturated carbocycles. The SMILES string of the molecule is COC(=O)C(C)NCc1ccc[nH]1. The van der Waals surface area contributed by atoms with Crippen molar-refractivity contribution in [2.45, 2.75) is 19.5 Å². The van der Waals surface area contributed by atoms with E-state index in [9.17, 15) is 4.79 Å². The van der Waals surface area contributed by atoms with Gasteiger partial charge in [0.1, 0.15) is 6.04 Å². The molecule has 1 heterocycles. The quantitative estimate of drug-likeness (QED) is 0.673. The van der Waals surface area contributed by atoms with Gasteiger partial charge in [0.25, 0.3) is 0 Å². The second-order valence-corrected chi connectivity index (χ2v) is 2.82. The molecule has 0 saturated heterocycles. The van der Waals surface area contributed by atoms with Crippen LogP contribution in [0.3, 0.4) is 0 Å². The van der Waals surface area contributed by atoms with Crippen LogP contribution in [-0.4, -0.2) is 24.1 Å². The Morgan fingerprint density at radius 1 is 1.77 bits per heavy atom. The van der Waals surface area contributed by atoms with Crippen molar-refractivity contribution in [2.24, 2.45) is 0 Å². The van der Waals surface area contributed by atoms with E-state index in [4.69, 9.17) is 0 Å². The van der Waals surface area contributed by atoms with Gasteiger partial charge in [0.05, 0.1) is 7.11 Å². The lowest BCUT2D eigenvalue weighted by molar-refractivity contribution is -0.142. The Morgan fingerprint density at radius 3 is 3.08 bits per heavy atom. The third-order valence-electron chi connectivity index (χ3n) is 1.82. The van der Waals surface area contributed by atoms with Crippen LogP contribution in [0, 0.1) is 0 Å². The maximum absolute atomic E-state index is 11.0. The highest BCUT2D eigenvalue weighted by Crippen LogP contribution is 1.95. The largest absolute Gasteiger partial charge is 0.468 e. The monoisotopic (exact) mass is 182 g/mol. The van der Waals surface area contributed by atoms with Crippen LogP contribution in [-0.2, 0) is 16.1 Å². The summed E-state index contributed by atoms with van der Waals surface area (Å²) >= 11 is 0. The summed E-state index contributed by atoms with van der Waals surface area (Å²) < 4.78 is 4.57. The Morgan fingerprint density at radius 2 is 2.54 bits per heavy atom. The summed E-state index contributed by atoms with van der Waals surface area (Å²) in [7, 11) is 1.38. The number of rotatable bonds is 4. The molecule has 0 aliphatic rings. The number of H-pyrrole nitrogens is 1. The van der Waals surface area contributed by atoms with Crippen LogP contribution in [0.15, 0.2) is 18.3 Å². The number of carbonyl (C=O) groups excluding carboxylic acids is 1. The third-order valence-corrected chi connectivity index (χ3v) is 1.82. The first-order valence-electron chi connectivity index (χ1n) is 4.17. The number of aromatic nitrogens is 1. The van der Waals surface area contributed by atoms with Gasteiger partial charge in [-0.25, -0.2) is 0 Å². The summed E-state index contributed by atoms with van der Waals surface area (Å²) in [6.07, 6.45) is 1.85. The highest BCUT2D eigenvalue weighted by atomic mass is 16.5. The van der Waals surface area contributed by atoms with Gasteiger partial charge in [-0.15, -0.1) is 0 Å². The van der Waals surface area contributed by atoms with Gasteiger partial charge in [-0.05, 0) is 19.1 Å². The van der Waals surface area contributed by atoms with Gasteiger partial charge >= 0.3 is 5.97 Å². The molecule has 1 aromatic heterocycles. The molecule has 2 N–H and O–H groups in total. The van der Waals surface area contributed by atoms with Gasteiger partial charge in [0, 0.05) is 18.4 Å². The average molecular weight is 182 g/mol. The zero-order chi connectivity index (χ0) is 9.68. The Balaban J connectivity index is 2.30. The van der Waals surface area contributed by atoms with Crippen molar-refractivity contribution in [1.82, 2.24) is 10.3 Å². The van der Waals surface area contributed by atoms with Crippen LogP contribution >= 0.6 is 0 Å². The topological polar surface area (TPSA) is 54.1 Å². The number of esters is 1. The second-order valence-electron chi connectivity index (χ2n) is 2.82. The van der Waals surface area contributed by atoms with Crippen molar-refractivity contribution < 1.29 is 9.53 Å². The van der Waals surface area contributed by atoms with Crippen LogP contribution in [0.4, 0.5) is 0 Å². The van der Waals surface area contributed by atoms with Crippen LogP contribution < -0.4 is 5.32 Å². The predicted molar refractivity (Wildman–Crippen MR) is 49.1 cm³/mol. The molecule has 0 fully saturated rings. The lowest BCUT2D eigenvalue weighted by Gasteiger charge is -2.09. The summed E-state index contributed by atoms with van der Waals surface area (Å²) in [4.78, 5) is 14.0. The highest BCUT2D eigenvalue weighted by molar-refractivity contribution is 5.74. The number of carbonyl (C=O) groups is 1. The predicted octanol–water partition coefficient (Wildman–Crippen LogP) is 0.666. The first-order chi connectivity index (χ1) is 6.24. The van der Waals surface area contributed by atoms with Crippen LogP contribution in [0.1, 0.15) is 12.6 Å². The first-order valence-corrected chi connectivity index (χ1v) is 4.17. The minimum Gasteiger partial charge on any atom is -0.468 e. The molecule has 0 spiro atoms. The minimum atomic E-state index is -0.270. The van der Waals surface area contributed by atoms with E-state index < -0.39 is 0 Å².